The molecule has 3 rings (SSSR count). The molecule has 0 bridgehead atoms. The van der Waals surface area contributed by atoms with Gasteiger partial charge in [-0.05, 0) is 24.3 Å². The van der Waals surface area contributed by atoms with Crippen molar-refractivity contribution in [1.29, 1.82) is 0 Å². The second-order valence-corrected chi connectivity index (χ2v) is 3.88. The van der Waals surface area contributed by atoms with Gasteiger partial charge in [0.25, 0.3) is 0 Å². The quantitative estimate of drug-likeness (QED) is 0.368. The lowest BCUT2D eigenvalue weighted by atomic mass is 10.1. The summed E-state index contributed by atoms with van der Waals surface area (Å²) in [7, 11) is 0. The molecule has 0 atom stereocenters. The van der Waals surface area contributed by atoms with E-state index in [1.165, 1.54) is 6.07 Å². The zero-order valence-electron chi connectivity index (χ0n) is 10.8. The number of aromatic hydroxyl groups is 1. The maximum atomic E-state index is 11.8. The van der Waals surface area contributed by atoms with Gasteiger partial charge in [0, 0.05) is 22.5 Å². The summed E-state index contributed by atoms with van der Waals surface area (Å²) in [4.78, 5) is 11.8. The minimum absolute atomic E-state index is 0.0652. The predicted octanol–water partition coefficient (Wildman–Crippen LogP) is 3.26. The summed E-state index contributed by atoms with van der Waals surface area (Å²) in [6, 6.07) is 9.79. The van der Waals surface area contributed by atoms with E-state index < -0.39 is 5.63 Å². The van der Waals surface area contributed by atoms with Crippen LogP contribution in [0.25, 0.3) is 21.7 Å². The van der Waals surface area contributed by atoms with Crippen LogP contribution in [0, 0.1) is 0 Å². The minimum Gasteiger partial charge on any atom is -0.508 e. The van der Waals surface area contributed by atoms with Crippen molar-refractivity contribution in [3.05, 3.63) is 46.8 Å². The fraction of sp³-hybridized carbons (Fsp3) is 0.133. The molecular weight excluding hydrogens is 242 g/mol. The largest absolute Gasteiger partial charge is 0.508 e. The molecule has 19 heavy (non-hydrogen) atoms. The Kier molecular flexibility index (Phi) is 3.42. The maximum absolute atomic E-state index is 11.8. The van der Waals surface area contributed by atoms with Gasteiger partial charge in [-0.2, -0.15) is 0 Å². The van der Waals surface area contributed by atoms with E-state index in [0.29, 0.717) is 16.7 Å². The number of fused-ring (bicyclic) bond motifs is 3. The van der Waals surface area contributed by atoms with Crippen LogP contribution < -0.4 is 11.4 Å². The molecule has 1 heterocycles. The molecule has 2 aromatic carbocycles. The molecule has 0 fully saturated rings. The van der Waals surface area contributed by atoms with Crippen LogP contribution in [0.3, 0.4) is 0 Å². The van der Waals surface area contributed by atoms with Crippen LogP contribution in [-0.4, -0.2) is 5.11 Å². The van der Waals surface area contributed by atoms with Gasteiger partial charge in [-0.1, -0.05) is 19.9 Å². The number of benzene rings is 2. The molecule has 3 N–H and O–H groups in total. The molecule has 4 heteroatoms. The molecule has 0 saturated carbocycles. The summed E-state index contributed by atoms with van der Waals surface area (Å²) < 4.78 is 5.14. The van der Waals surface area contributed by atoms with Gasteiger partial charge in [0.1, 0.15) is 11.3 Å². The third-order valence-electron chi connectivity index (χ3n) is 2.72. The average molecular weight is 257 g/mol. The number of nitrogens with two attached hydrogens (primary N) is 1. The number of rotatable bonds is 0. The maximum Gasteiger partial charge on any atom is 0.344 e. The molecule has 4 nitrogen and oxygen atoms in total. The Hall–Kier alpha value is -2.49. The smallest absolute Gasteiger partial charge is 0.344 e. The van der Waals surface area contributed by atoms with Crippen molar-refractivity contribution in [2.24, 2.45) is 0 Å². The van der Waals surface area contributed by atoms with E-state index in [0.717, 1.165) is 10.8 Å². The van der Waals surface area contributed by atoms with Crippen molar-refractivity contribution in [2.75, 3.05) is 5.73 Å². The first kappa shape index (κ1) is 13.0. The Bertz CT molecular complexity index is 790. The highest BCUT2D eigenvalue weighted by atomic mass is 16.4. The Morgan fingerprint density at radius 1 is 1.00 bits per heavy atom. The van der Waals surface area contributed by atoms with Crippen LogP contribution in [0.5, 0.6) is 5.75 Å². The molecule has 0 aliphatic heterocycles. The lowest BCUT2D eigenvalue weighted by Gasteiger charge is -2.03. The van der Waals surface area contributed by atoms with E-state index in [2.05, 4.69) is 0 Å². The Balaban J connectivity index is 0.000000637. The highest BCUT2D eigenvalue weighted by molar-refractivity contribution is 6.05. The highest BCUT2D eigenvalue weighted by Gasteiger charge is 2.07. The van der Waals surface area contributed by atoms with Gasteiger partial charge in [-0.25, -0.2) is 4.79 Å². The lowest BCUT2D eigenvalue weighted by molar-refractivity contribution is 0.473. The van der Waals surface area contributed by atoms with Crippen LogP contribution in [0.2, 0.25) is 0 Å². The summed E-state index contributed by atoms with van der Waals surface area (Å²) >= 11 is 0. The minimum atomic E-state index is -0.453. The van der Waals surface area contributed by atoms with Crippen LogP contribution in [-0.2, 0) is 0 Å². The zero-order chi connectivity index (χ0) is 14.0. The van der Waals surface area contributed by atoms with E-state index in [1.807, 2.05) is 13.8 Å². The average Bonchev–Trinajstić information content (AvgIpc) is 2.41. The van der Waals surface area contributed by atoms with E-state index in [1.54, 1.807) is 30.3 Å². The molecule has 0 amide bonds. The number of phenolic OH excluding ortho intramolecular Hbond substituents is 1. The SMILES string of the molecule is CC.Nc1ccc2c(c1)c(=O)oc1cc(O)ccc12. The highest BCUT2D eigenvalue weighted by Crippen LogP contribution is 2.26. The van der Waals surface area contributed by atoms with E-state index >= 15 is 0 Å². The van der Waals surface area contributed by atoms with E-state index in [-0.39, 0.29) is 5.75 Å². The topological polar surface area (TPSA) is 76.5 Å². The summed E-state index contributed by atoms with van der Waals surface area (Å²) in [5.74, 6) is 0.0652. The van der Waals surface area contributed by atoms with E-state index in [9.17, 15) is 9.90 Å². The number of phenols is 1. The fourth-order valence-corrected chi connectivity index (χ4v) is 1.94. The lowest BCUT2D eigenvalue weighted by Crippen LogP contribution is -2.00. The van der Waals surface area contributed by atoms with Gasteiger partial charge in [0.2, 0.25) is 0 Å². The van der Waals surface area contributed by atoms with Gasteiger partial charge in [0.15, 0.2) is 0 Å². The molecule has 0 saturated heterocycles. The van der Waals surface area contributed by atoms with Crippen molar-refractivity contribution in [3.8, 4) is 5.75 Å². The molecule has 0 radical (unpaired) electrons. The van der Waals surface area contributed by atoms with Gasteiger partial charge < -0.3 is 15.3 Å². The van der Waals surface area contributed by atoms with Crippen LogP contribution in [0.4, 0.5) is 5.69 Å². The summed E-state index contributed by atoms with van der Waals surface area (Å²) in [5.41, 5.74) is 6.07. The number of hydrogen-bond acceptors (Lipinski definition) is 4. The molecule has 98 valence electrons. The standard InChI is InChI=1S/C13H9NO3.C2H6/c14-7-1-3-9-10-4-2-8(15)6-12(10)17-13(16)11(9)5-7;1-2/h1-6,15H,14H2;1-2H3. The van der Waals surface area contributed by atoms with Gasteiger partial charge in [0.05, 0.1) is 5.39 Å². The van der Waals surface area contributed by atoms with Crippen LogP contribution in [0.15, 0.2) is 45.6 Å². The Morgan fingerprint density at radius 2 is 1.68 bits per heavy atom. The third kappa shape index (κ3) is 2.25. The predicted molar refractivity (Wildman–Crippen MR) is 77.4 cm³/mol. The normalized spacial score (nSPS) is 10.2. The van der Waals surface area contributed by atoms with Crippen molar-refractivity contribution >= 4 is 27.4 Å². The molecule has 0 aliphatic carbocycles. The second-order valence-electron chi connectivity index (χ2n) is 3.88. The summed E-state index contributed by atoms with van der Waals surface area (Å²) in [6.07, 6.45) is 0. The molecule has 3 aromatic rings. The zero-order valence-corrected chi connectivity index (χ0v) is 10.8. The number of hydrogen-bond donors (Lipinski definition) is 2. The first-order valence-corrected chi connectivity index (χ1v) is 6.10. The van der Waals surface area contributed by atoms with Crippen molar-refractivity contribution in [2.45, 2.75) is 13.8 Å². The molecule has 0 spiro atoms. The monoisotopic (exact) mass is 257 g/mol. The van der Waals surface area contributed by atoms with Crippen LogP contribution in [0.1, 0.15) is 13.8 Å². The molecule has 0 unspecified atom stereocenters. The van der Waals surface area contributed by atoms with Crippen LogP contribution >= 0.6 is 0 Å². The van der Waals surface area contributed by atoms with Crippen molar-refractivity contribution in [3.63, 3.8) is 0 Å². The Morgan fingerprint density at radius 3 is 2.42 bits per heavy atom. The van der Waals surface area contributed by atoms with Crippen molar-refractivity contribution in [1.82, 2.24) is 0 Å². The van der Waals surface area contributed by atoms with Gasteiger partial charge in [-0.3, -0.25) is 0 Å². The second kappa shape index (κ2) is 5.02. The Labute approximate surface area is 110 Å². The summed E-state index contributed by atoms with van der Waals surface area (Å²) in [6.45, 7) is 4.00. The van der Waals surface area contributed by atoms with Crippen molar-refractivity contribution < 1.29 is 9.52 Å². The van der Waals surface area contributed by atoms with Gasteiger partial charge in [-0.15, -0.1) is 0 Å². The number of anilines is 1. The molecule has 0 aliphatic rings. The van der Waals surface area contributed by atoms with Gasteiger partial charge >= 0.3 is 5.63 Å². The fourth-order valence-electron chi connectivity index (χ4n) is 1.94. The van der Waals surface area contributed by atoms with E-state index in [4.69, 9.17) is 10.2 Å². The molecule has 1 aromatic heterocycles. The summed E-state index contributed by atoms with van der Waals surface area (Å²) in [5, 5.41) is 11.3. The number of nitrogen functional groups attached to an aromatic ring is 1. The first-order valence-electron chi connectivity index (χ1n) is 6.10. The third-order valence-corrected chi connectivity index (χ3v) is 2.72. The molecular formula is C15H15NO3. The first-order chi connectivity index (χ1) is 9.15.